The number of amides is 1. The van der Waals surface area contributed by atoms with Crippen molar-refractivity contribution in [2.24, 2.45) is 0 Å². The number of esters is 1. The molecule has 3 N–H and O–H groups in total. The summed E-state index contributed by atoms with van der Waals surface area (Å²) in [7, 11) is 0. The van der Waals surface area contributed by atoms with Crippen molar-refractivity contribution < 1.29 is 24.5 Å². The molecule has 0 bridgehead atoms. The monoisotopic (exact) mass is 914 g/mol. The van der Waals surface area contributed by atoms with E-state index in [1.165, 1.54) is 212 Å². The fourth-order valence-corrected chi connectivity index (χ4v) is 8.74. The molecule has 0 fully saturated rings. The Morgan fingerprint density at radius 1 is 0.431 bits per heavy atom. The van der Waals surface area contributed by atoms with Crippen molar-refractivity contribution in [1.82, 2.24) is 5.32 Å². The minimum atomic E-state index is -0.700. The quantitative estimate of drug-likeness (QED) is 0.0321. The van der Waals surface area contributed by atoms with Crippen LogP contribution in [0.5, 0.6) is 0 Å². The molecule has 0 spiro atoms. The summed E-state index contributed by atoms with van der Waals surface area (Å²) in [5, 5.41) is 23.2. The first-order chi connectivity index (χ1) is 32.0. The number of ether oxygens (including phenoxy) is 1. The third-order valence-electron chi connectivity index (χ3n) is 13.2. The van der Waals surface area contributed by atoms with Gasteiger partial charge in [-0.2, -0.15) is 0 Å². The first-order valence-corrected chi connectivity index (χ1v) is 28.7. The highest BCUT2D eigenvalue weighted by Gasteiger charge is 2.19. The standard InChI is InChI=1S/C59H111NO5/c1-3-5-7-9-11-13-15-17-19-21-23-25-29-33-37-41-45-49-53-59(64)65-54-50-46-42-38-34-30-26-28-32-36-40-44-48-52-58(63)60-56(55-61)57(62)51-47-43-39-35-31-27-24-22-20-18-16-14-12-10-8-6-4-2/h19,21,28,32,40,44,56-57,61-62H,3-18,20,22-27,29-31,33-39,41-43,45-55H2,1-2H3,(H,60,63)/b21-19-,32-28-,44-40-. The van der Waals surface area contributed by atoms with E-state index in [9.17, 15) is 19.8 Å². The van der Waals surface area contributed by atoms with Gasteiger partial charge in [0.1, 0.15) is 0 Å². The average molecular weight is 915 g/mol. The van der Waals surface area contributed by atoms with Crippen molar-refractivity contribution in [1.29, 1.82) is 0 Å². The minimum Gasteiger partial charge on any atom is -0.466 e. The van der Waals surface area contributed by atoms with E-state index in [-0.39, 0.29) is 18.5 Å². The van der Waals surface area contributed by atoms with Gasteiger partial charge >= 0.3 is 5.97 Å². The first kappa shape index (κ1) is 63.1. The summed E-state index contributed by atoms with van der Waals surface area (Å²) >= 11 is 0. The summed E-state index contributed by atoms with van der Waals surface area (Å²) in [6.45, 7) is 4.90. The second kappa shape index (κ2) is 54.7. The first-order valence-electron chi connectivity index (χ1n) is 28.7. The van der Waals surface area contributed by atoms with Crippen molar-refractivity contribution in [3.05, 3.63) is 36.5 Å². The number of aliphatic hydroxyl groups is 2. The van der Waals surface area contributed by atoms with Crippen molar-refractivity contribution >= 4 is 11.9 Å². The fourth-order valence-electron chi connectivity index (χ4n) is 8.74. The van der Waals surface area contributed by atoms with Gasteiger partial charge in [0.15, 0.2) is 0 Å². The van der Waals surface area contributed by atoms with E-state index in [0.29, 0.717) is 32.3 Å². The molecule has 0 aliphatic heterocycles. The van der Waals surface area contributed by atoms with Crippen LogP contribution in [0.2, 0.25) is 0 Å². The van der Waals surface area contributed by atoms with Crippen LogP contribution in [0.1, 0.15) is 303 Å². The lowest BCUT2D eigenvalue weighted by molar-refractivity contribution is -0.143. The lowest BCUT2D eigenvalue weighted by atomic mass is 10.0. The average Bonchev–Trinajstić information content (AvgIpc) is 3.31. The molecule has 0 aromatic rings. The van der Waals surface area contributed by atoms with Gasteiger partial charge in [-0.15, -0.1) is 0 Å². The summed E-state index contributed by atoms with van der Waals surface area (Å²) in [5.74, 6) is -0.134. The summed E-state index contributed by atoms with van der Waals surface area (Å²) in [5.41, 5.74) is 0. The predicted molar refractivity (Wildman–Crippen MR) is 283 cm³/mol. The van der Waals surface area contributed by atoms with E-state index < -0.39 is 12.1 Å². The molecule has 2 atom stereocenters. The van der Waals surface area contributed by atoms with Crippen LogP contribution in [0.25, 0.3) is 0 Å². The molecule has 382 valence electrons. The minimum absolute atomic E-state index is 0.0198. The maximum Gasteiger partial charge on any atom is 0.305 e. The summed E-state index contributed by atoms with van der Waals surface area (Å²) in [6.07, 6.45) is 67.1. The van der Waals surface area contributed by atoms with Crippen molar-refractivity contribution in [3.8, 4) is 0 Å². The lowest BCUT2D eigenvalue weighted by Gasteiger charge is -2.22. The number of rotatable bonds is 53. The third-order valence-corrected chi connectivity index (χ3v) is 13.2. The highest BCUT2D eigenvalue weighted by molar-refractivity contribution is 5.76. The van der Waals surface area contributed by atoms with Gasteiger partial charge in [-0.25, -0.2) is 0 Å². The Hall–Kier alpha value is -1.92. The number of hydrogen-bond acceptors (Lipinski definition) is 5. The molecule has 0 aromatic heterocycles. The SMILES string of the molecule is CCCCCCCCC/C=C\CCCCCCCCCC(=O)OCCCCCCCC/C=C\C/C=C\CCC(=O)NC(CO)C(O)CCCCCCCCCCCCCCCCCCC. The van der Waals surface area contributed by atoms with Gasteiger partial charge in [0, 0.05) is 12.8 Å². The molecule has 0 aliphatic carbocycles. The van der Waals surface area contributed by atoms with Gasteiger partial charge in [0.05, 0.1) is 25.4 Å². The molecule has 0 radical (unpaired) electrons. The van der Waals surface area contributed by atoms with Gasteiger partial charge in [-0.05, 0) is 70.6 Å². The molecular weight excluding hydrogens is 803 g/mol. The Bertz CT molecular complexity index is 1060. The number of aliphatic hydroxyl groups excluding tert-OH is 2. The maximum absolute atomic E-state index is 12.4. The molecule has 1 amide bonds. The largest absolute Gasteiger partial charge is 0.466 e. The van der Waals surface area contributed by atoms with E-state index in [1.807, 2.05) is 6.08 Å². The Balaban J connectivity index is 3.53. The van der Waals surface area contributed by atoms with E-state index >= 15 is 0 Å². The van der Waals surface area contributed by atoms with E-state index in [2.05, 4.69) is 49.5 Å². The van der Waals surface area contributed by atoms with E-state index in [4.69, 9.17) is 4.74 Å². The summed E-state index contributed by atoms with van der Waals surface area (Å²) in [6, 6.07) is -0.586. The molecule has 6 nitrogen and oxygen atoms in total. The van der Waals surface area contributed by atoms with Gasteiger partial charge in [-0.1, -0.05) is 256 Å². The van der Waals surface area contributed by atoms with Gasteiger partial charge in [-0.3, -0.25) is 9.59 Å². The number of hydrogen-bond donors (Lipinski definition) is 3. The lowest BCUT2D eigenvalue weighted by Crippen LogP contribution is -2.45. The van der Waals surface area contributed by atoms with Gasteiger partial charge < -0.3 is 20.3 Å². The zero-order valence-electron chi connectivity index (χ0n) is 43.5. The molecule has 0 rings (SSSR count). The van der Waals surface area contributed by atoms with E-state index in [0.717, 1.165) is 51.4 Å². The summed E-state index contributed by atoms with van der Waals surface area (Å²) < 4.78 is 5.47. The highest BCUT2D eigenvalue weighted by Crippen LogP contribution is 2.17. The van der Waals surface area contributed by atoms with Crippen LogP contribution in [0.3, 0.4) is 0 Å². The Morgan fingerprint density at radius 2 is 0.785 bits per heavy atom. The number of carbonyl (C=O) groups excluding carboxylic acids is 2. The maximum atomic E-state index is 12.4. The Labute approximate surface area is 404 Å². The van der Waals surface area contributed by atoms with Crippen molar-refractivity contribution in [2.75, 3.05) is 13.2 Å². The molecule has 0 saturated carbocycles. The smallest absolute Gasteiger partial charge is 0.305 e. The van der Waals surface area contributed by atoms with Crippen LogP contribution < -0.4 is 5.32 Å². The van der Waals surface area contributed by atoms with Crippen LogP contribution in [0.15, 0.2) is 36.5 Å². The number of allylic oxidation sites excluding steroid dienone is 6. The molecule has 0 saturated heterocycles. The number of carbonyl (C=O) groups is 2. The molecule has 65 heavy (non-hydrogen) atoms. The second-order valence-corrected chi connectivity index (χ2v) is 19.6. The van der Waals surface area contributed by atoms with Crippen LogP contribution in [0.4, 0.5) is 0 Å². The van der Waals surface area contributed by atoms with Crippen LogP contribution >= 0.6 is 0 Å². The summed E-state index contributed by atoms with van der Waals surface area (Å²) in [4.78, 5) is 24.5. The molecule has 0 aromatic carbocycles. The molecule has 0 aliphatic rings. The Kier molecular flexibility index (Phi) is 53.1. The topological polar surface area (TPSA) is 95.9 Å². The van der Waals surface area contributed by atoms with Crippen LogP contribution in [-0.4, -0.2) is 47.4 Å². The van der Waals surface area contributed by atoms with Gasteiger partial charge in [0.25, 0.3) is 0 Å². The van der Waals surface area contributed by atoms with Gasteiger partial charge in [0.2, 0.25) is 5.91 Å². The predicted octanol–water partition coefficient (Wildman–Crippen LogP) is 17.6. The second-order valence-electron chi connectivity index (χ2n) is 19.6. The molecule has 0 heterocycles. The number of unbranched alkanes of at least 4 members (excludes halogenated alkanes) is 36. The number of nitrogens with one attached hydrogen (secondary N) is 1. The Morgan fingerprint density at radius 3 is 1.22 bits per heavy atom. The normalized spacial score (nSPS) is 12.9. The van der Waals surface area contributed by atoms with E-state index in [1.54, 1.807) is 0 Å². The van der Waals surface area contributed by atoms with Crippen molar-refractivity contribution in [3.63, 3.8) is 0 Å². The molecular formula is C59H111NO5. The van der Waals surface area contributed by atoms with Crippen LogP contribution in [0, 0.1) is 0 Å². The zero-order valence-corrected chi connectivity index (χ0v) is 43.5. The third kappa shape index (κ3) is 51.3. The molecule has 2 unspecified atom stereocenters. The van der Waals surface area contributed by atoms with Crippen molar-refractivity contribution in [2.45, 2.75) is 315 Å². The van der Waals surface area contributed by atoms with Crippen LogP contribution in [-0.2, 0) is 14.3 Å². The zero-order chi connectivity index (χ0) is 47.2. The highest BCUT2D eigenvalue weighted by atomic mass is 16.5. The molecule has 6 heteroatoms. The fraction of sp³-hybridized carbons (Fsp3) is 0.864.